The van der Waals surface area contributed by atoms with Gasteiger partial charge in [-0.05, 0) is 36.4 Å². The molecule has 2 aromatic heterocycles. The van der Waals surface area contributed by atoms with Crippen molar-refractivity contribution in [2.24, 2.45) is 0 Å². The van der Waals surface area contributed by atoms with E-state index >= 15 is 0 Å². The van der Waals surface area contributed by atoms with Gasteiger partial charge in [0.05, 0.1) is 34.1 Å². The Hall–Kier alpha value is -4.53. The van der Waals surface area contributed by atoms with Gasteiger partial charge in [-0.2, -0.15) is 0 Å². The number of ether oxygens (including phenoxy) is 1. The number of amides is 1. The predicted molar refractivity (Wildman–Crippen MR) is 121 cm³/mol. The monoisotopic (exact) mass is 460 g/mol. The zero-order chi connectivity index (χ0) is 23.7. The van der Waals surface area contributed by atoms with Crippen LogP contribution >= 0.6 is 0 Å². The Balaban J connectivity index is 1.48. The maximum Gasteiger partial charge on any atom is 0.573 e. The molecule has 0 aliphatic carbocycles. The highest BCUT2D eigenvalue weighted by Crippen LogP contribution is 2.30. The molecule has 9 heteroatoms. The highest BCUT2D eigenvalue weighted by atomic mass is 19.4. The number of aromatic nitrogens is 3. The second-order valence-electron chi connectivity index (χ2n) is 7.35. The molecule has 0 unspecified atom stereocenters. The molecule has 5 aromatic rings. The number of hydrogen-bond acceptors (Lipinski definition) is 5. The van der Waals surface area contributed by atoms with Gasteiger partial charge in [0.25, 0.3) is 5.91 Å². The van der Waals surface area contributed by atoms with E-state index in [4.69, 9.17) is 0 Å². The number of carbonyl (C=O) groups excluding carboxylic acids is 1. The number of nitrogens with zero attached hydrogens (tertiary/aromatic N) is 3. The minimum atomic E-state index is -4.79. The fourth-order valence-electron chi connectivity index (χ4n) is 3.51. The van der Waals surface area contributed by atoms with Crippen LogP contribution in [0.25, 0.3) is 33.2 Å². The first-order valence-corrected chi connectivity index (χ1v) is 10.1. The Kier molecular flexibility index (Phi) is 5.29. The molecule has 0 radical (unpaired) electrons. The molecule has 5 rings (SSSR count). The largest absolute Gasteiger partial charge is 0.573 e. The summed E-state index contributed by atoms with van der Waals surface area (Å²) < 4.78 is 41.8. The van der Waals surface area contributed by atoms with Crippen molar-refractivity contribution < 1.29 is 22.7 Å². The lowest BCUT2D eigenvalue weighted by Crippen LogP contribution is -2.17. The Bertz CT molecular complexity index is 1540. The lowest BCUT2D eigenvalue weighted by Gasteiger charge is -2.11. The second kappa shape index (κ2) is 8.43. The van der Waals surface area contributed by atoms with Crippen LogP contribution in [-0.4, -0.2) is 27.2 Å². The summed E-state index contributed by atoms with van der Waals surface area (Å²) in [5.74, 6) is -0.804. The molecule has 1 N–H and O–H groups in total. The number of anilines is 1. The summed E-state index contributed by atoms with van der Waals surface area (Å²) in [5.41, 5.74) is 3.18. The van der Waals surface area contributed by atoms with E-state index in [2.05, 4.69) is 25.0 Å². The van der Waals surface area contributed by atoms with Crippen LogP contribution in [0.1, 0.15) is 10.5 Å². The van der Waals surface area contributed by atoms with E-state index in [9.17, 15) is 18.0 Å². The van der Waals surface area contributed by atoms with Crippen molar-refractivity contribution in [1.82, 2.24) is 15.0 Å². The lowest BCUT2D eigenvalue weighted by atomic mass is 10.1. The maximum atomic E-state index is 12.9. The molecule has 2 heterocycles. The van der Waals surface area contributed by atoms with Gasteiger partial charge in [0, 0.05) is 10.9 Å². The van der Waals surface area contributed by atoms with E-state index in [0.717, 1.165) is 5.39 Å². The van der Waals surface area contributed by atoms with Gasteiger partial charge in [0.1, 0.15) is 11.4 Å². The van der Waals surface area contributed by atoms with Crippen molar-refractivity contribution in [3.8, 4) is 17.0 Å². The van der Waals surface area contributed by atoms with Crippen molar-refractivity contribution in [3.05, 3.63) is 90.8 Å². The summed E-state index contributed by atoms with van der Waals surface area (Å²) in [5, 5.41) is 3.55. The van der Waals surface area contributed by atoms with E-state index in [1.807, 2.05) is 18.2 Å². The molecule has 3 aromatic carbocycles. The molecule has 6 nitrogen and oxygen atoms in total. The first-order chi connectivity index (χ1) is 16.4. The van der Waals surface area contributed by atoms with Crippen LogP contribution in [0.2, 0.25) is 0 Å². The van der Waals surface area contributed by atoms with Crippen LogP contribution in [-0.2, 0) is 0 Å². The van der Waals surface area contributed by atoms with E-state index in [1.54, 1.807) is 42.5 Å². The molecule has 34 heavy (non-hydrogen) atoms. The molecular formula is C25H15F3N4O2. The van der Waals surface area contributed by atoms with Gasteiger partial charge in [-0.15, -0.1) is 13.2 Å². The van der Waals surface area contributed by atoms with Gasteiger partial charge in [0.15, 0.2) is 0 Å². The van der Waals surface area contributed by atoms with Crippen LogP contribution in [0, 0.1) is 0 Å². The molecular weight excluding hydrogens is 445 g/mol. The molecule has 1 amide bonds. The fraction of sp³-hybridized carbons (Fsp3) is 0.0400. The second-order valence-corrected chi connectivity index (χ2v) is 7.35. The fourth-order valence-corrected chi connectivity index (χ4v) is 3.51. The summed E-state index contributed by atoms with van der Waals surface area (Å²) in [6.45, 7) is 0. The minimum Gasteiger partial charge on any atom is -0.406 e. The number of benzene rings is 3. The Morgan fingerprint density at radius 3 is 2.47 bits per heavy atom. The Morgan fingerprint density at radius 1 is 0.853 bits per heavy atom. The number of pyridine rings is 1. The molecule has 0 aliphatic rings. The predicted octanol–water partition coefficient (Wildman–Crippen LogP) is 6.00. The molecule has 0 spiro atoms. The van der Waals surface area contributed by atoms with E-state index in [0.29, 0.717) is 33.5 Å². The number of carbonyl (C=O) groups is 1. The maximum absolute atomic E-state index is 12.9. The Morgan fingerprint density at radius 2 is 1.65 bits per heavy atom. The third-order valence-electron chi connectivity index (χ3n) is 5.01. The molecule has 168 valence electrons. The van der Waals surface area contributed by atoms with Crippen LogP contribution in [0.5, 0.6) is 5.75 Å². The van der Waals surface area contributed by atoms with Gasteiger partial charge in [-0.25, -0.2) is 9.97 Å². The number of rotatable bonds is 4. The Labute approximate surface area is 191 Å². The molecule has 0 fully saturated rings. The van der Waals surface area contributed by atoms with Crippen LogP contribution < -0.4 is 10.1 Å². The normalized spacial score (nSPS) is 11.5. The number of halogens is 3. The van der Waals surface area contributed by atoms with Gasteiger partial charge >= 0.3 is 6.36 Å². The SMILES string of the molecule is O=C(Nc1cccc2ccc(-c3cccc(OC(F)(F)F)c3)nc12)c1cnc2ccccc2n1. The molecule has 0 aliphatic heterocycles. The van der Waals surface area contributed by atoms with E-state index < -0.39 is 12.3 Å². The summed E-state index contributed by atoms with van der Waals surface area (Å²) >= 11 is 0. The first-order valence-electron chi connectivity index (χ1n) is 10.1. The van der Waals surface area contributed by atoms with Crippen molar-refractivity contribution in [1.29, 1.82) is 0 Å². The van der Waals surface area contributed by atoms with Gasteiger partial charge < -0.3 is 10.1 Å². The van der Waals surface area contributed by atoms with Gasteiger partial charge in [-0.1, -0.05) is 42.5 Å². The number of hydrogen-bond donors (Lipinski definition) is 1. The van der Waals surface area contributed by atoms with Crippen LogP contribution in [0.15, 0.2) is 85.1 Å². The first kappa shape index (κ1) is 21.3. The zero-order valence-electron chi connectivity index (χ0n) is 17.4. The van der Waals surface area contributed by atoms with Crippen molar-refractivity contribution >= 4 is 33.5 Å². The summed E-state index contributed by atoms with van der Waals surface area (Å²) in [6, 6.07) is 21.5. The summed E-state index contributed by atoms with van der Waals surface area (Å²) in [6.07, 6.45) is -3.40. The molecule has 0 bridgehead atoms. The van der Waals surface area contributed by atoms with E-state index in [-0.39, 0.29) is 11.4 Å². The zero-order valence-corrected chi connectivity index (χ0v) is 17.4. The van der Waals surface area contributed by atoms with Crippen LogP contribution in [0.4, 0.5) is 18.9 Å². The number of para-hydroxylation sites is 3. The van der Waals surface area contributed by atoms with Crippen molar-refractivity contribution in [3.63, 3.8) is 0 Å². The van der Waals surface area contributed by atoms with Gasteiger partial charge in [0.2, 0.25) is 0 Å². The number of fused-ring (bicyclic) bond motifs is 2. The summed E-state index contributed by atoms with van der Waals surface area (Å²) in [4.78, 5) is 26.1. The third-order valence-corrected chi connectivity index (χ3v) is 5.01. The molecule has 0 saturated heterocycles. The average molecular weight is 460 g/mol. The van der Waals surface area contributed by atoms with Crippen LogP contribution in [0.3, 0.4) is 0 Å². The topological polar surface area (TPSA) is 77.0 Å². The number of nitrogens with one attached hydrogen (secondary N) is 1. The highest BCUT2D eigenvalue weighted by Gasteiger charge is 2.31. The van der Waals surface area contributed by atoms with Gasteiger partial charge in [-0.3, -0.25) is 9.78 Å². The van der Waals surface area contributed by atoms with E-state index in [1.165, 1.54) is 24.4 Å². The third kappa shape index (κ3) is 4.49. The molecule has 0 saturated carbocycles. The lowest BCUT2D eigenvalue weighted by molar-refractivity contribution is -0.274. The van der Waals surface area contributed by atoms with Crippen molar-refractivity contribution in [2.75, 3.05) is 5.32 Å². The highest BCUT2D eigenvalue weighted by molar-refractivity contribution is 6.08. The molecule has 0 atom stereocenters. The quantitative estimate of drug-likeness (QED) is 0.356. The van der Waals surface area contributed by atoms with Crippen molar-refractivity contribution in [2.45, 2.75) is 6.36 Å². The smallest absolute Gasteiger partial charge is 0.406 e. The minimum absolute atomic E-state index is 0.142. The average Bonchev–Trinajstić information content (AvgIpc) is 2.83. The standard InChI is InChI=1S/C25H15F3N4O2/c26-25(27,28)34-17-7-3-6-16(13-17)18-12-11-15-5-4-10-21(23(15)31-18)32-24(33)22-14-29-19-8-1-2-9-20(19)30-22/h1-14H,(H,32,33). The number of alkyl halides is 3. The summed E-state index contributed by atoms with van der Waals surface area (Å²) in [7, 11) is 0.